The van der Waals surface area contributed by atoms with E-state index in [1.54, 1.807) is 5.57 Å². The predicted molar refractivity (Wildman–Crippen MR) is 78.3 cm³/mol. The summed E-state index contributed by atoms with van der Waals surface area (Å²) in [6.07, 6.45) is 14.0. The minimum absolute atomic E-state index is 0.984. The average molecular weight is 240 g/mol. The van der Waals surface area contributed by atoms with Gasteiger partial charge in [-0.3, -0.25) is 0 Å². The Morgan fingerprint density at radius 3 is 2.22 bits per heavy atom. The quantitative estimate of drug-likeness (QED) is 0.644. The molecule has 0 bridgehead atoms. The Morgan fingerprint density at radius 2 is 1.56 bits per heavy atom. The average Bonchev–Trinajstić information content (AvgIpc) is 2.49. The number of benzene rings is 1. The van der Waals surface area contributed by atoms with Crippen molar-refractivity contribution in [1.82, 2.24) is 0 Å². The summed E-state index contributed by atoms with van der Waals surface area (Å²) in [5, 5.41) is 0. The monoisotopic (exact) mass is 240 g/mol. The summed E-state index contributed by atoms with van der Waals surface area (Å²) in [5.41, 5.74) is 3.03. The van der Waals surface area contributed by atoms with Crippen LogP contribution in [0.4, 0.5) is 0 Å². The van der Waals surface area contributed by atoms with E-state index in [0.717, 1.165) is 11.8 Å². The van der Waals surface area contributed by atoms with Crippen molar-refractivity contribution in [2.75, 3.05) is 0 Å². The molecule has 1 aromatic carbocycles. The molecule has 96 valence electrons. The number of hydrogen-bond acceptors (Lipinski definition) is 0. The van der Waals surface area contributed by atoms with Gasteiger partial charge in [-0.25, -0.2) is 0 Å². The van der Waals surface area contributed by atoms with Crippen molar-refractivity contribution >= 4 is 5.57 Å². The first-order valence-corrected chi connectivity index (χ1v) is 7.68. The molecule has 2 aliphatic rings. The highest BCUT2D eigenvalue weighted by Gasteiger charge is 2.25. The molecule has 1 aromatic rings. The molecule has 1 atom stereocenters. The molecular formula is C18H24. The summed E-state index contributed by atoms with van der Waals surface area (Å²) in [7, 11) is 0. The van der Waals surface area contributed by atoms with Gasteiger partial charge in [0.2, 0.25) is 0 Å². The van der Waals surface area contributed by atoms with Gasteiger partial charge in [-0.05, 0) is 42.2 Å². The summed E-state index contributed by atoms with van der Waals surface area (Å²) in [4.78, 5) is 0. The fraction of sp³-hybridized carbons (Fsp3) is 0.556. The Hall–Kier alpha value is -1.04. The summed E-state index contributed by atoms with van der Waals surface area (Å²) in [6, 6.07) is 10.9. The lowest BCUT2D eigenvalue weighted by Gasteiger charge is -2.32. The zero-order chi connectivity index (χ0) is 12.2. The molecule has 0 aliphatic heterocycles. The van der Waals surface area contributed by atoms with Crippen LogP contribution in [0.5, 0.6) is 0 Å². The third-order valence-corrected chi connectivity index (χ3v) is 4.91. The second-order valence-electron chi connectivity index (χ2n) is 6.03. The minimum atomic E-state index is 0.984. The Labute approximate surface area is 111 Å². The zero-order valence-corrected chi connectivity index (χ0v) is 11.3. The lowest BCUT2D eigenvalue weighted by molar-refractivity contribution is 0.235. The van der Waals surface area contributed by atoms with Crippen LogP contribution in [0.3, 0.4) is 0 Å². The summed E-state index contributed by atoms with van der Waals surface area (Å²) < 4.78 is 0. The summed E-state index contributed by atoms with van der Waals surface area (Å²) >= 11 is 0. The van der Waals surface area contributed by atoms with E-state index < -0.39 is 0 Å². The fourth-order valence-corrected chi connectivity index (χ4v) is 3.80. The van der Waals surface area contributed by atoms with Crippen LogP contribution in [0.15, 0.2) is 36.4 Å². The van der Waals surface area contributed by atoms with Gasteiger partial charge < -0.3 is 0 Å². The Morgan fingerprint density at radius 1 is 0.778 bits per heavy atom. The maximum absolute atomic E-state index is 2.53. The molecular weight excluding hydrogens is 216 g/mol. The molecule has 0 N–H and O–H groups in total. The van der Waals surface area contributed by atoms with Crippen molar-refractivity contribution in [3.63, 3.8) is 0 Å². The maximum Gasteiger partial charge on any atom is -0.0228 e. The number of hydrogen-bond donors (Lipinski definition) is 0. The van der Waals surface area contributed by atoms with E-state index in [1.807, 2.05) is 0 Å². The zero-order valence-electron chi connectivity index (χ0n) is 11.3. The Kier molecular flexibility index (Phi) is 3.83. The van der Waals surface area contributed by atoms with Gasteiger partial charge in [-0.2, -0.15) is 0 Å². The van der Waals surface area contributed by atoms with Gasteiger partial charge in [0.15, 0.2) is 0 Å². The van der Waals surface area contributed by atoms with E-state index in [0.29, 0.717) is 0 Å². The molecule has 0 aromatic heterocycles. The number of allylic oxidation sites excluding steroid dienone is 2. The van der Waals surface area contributed by atoms with Crippen LogP contribution >= 0.6 is 0 Å². The predicted octanol–water partition coefficient (Wildman–Crippen LogP) is 5.45. The van der Waals surface area contributed by atoms with Crippen LogP contribution in [-0.2, 0) is 0 Å². The first kappa shape index (κ1) is 12.0. The molecule has 0 amide bonds. The highest BCUT2D eigenvalue weighted by Crippen LogP contribution is 2.39. The van der Waals surface area contributed by atoms with Crippen LogP contribution in [0.1, 0.15) is 56.9 Å². The topological polar surface area (TPSA) is 0 Å². The van der Waals surface area contributed by atoms with Gasteiger partial charge in [0.25, 0.3) is 0 Å². The van der Waals surface area contributed by atoms with Crippen LogP contribution in [0, 0.1) is 11.8 Å². The normalized spacial score (nSPS) is 25.8. The van der Waals surface area contributed by atoms with Gasteiger partial charge in [0.05, 0.1) is 0 Å². The van der Waals surface area contributed by atoms with E-state index in [-0.39, 0.29) is 0 Å². The fourth-order valence-electron chi connectivity index (χ4n) is 3.80. The van der Waals surface area contributed by atoms with Gasteiger partial charge in [0.1, 0.15) is 0 Å². The minimum Gasteiger partial charge on any atom is -0.0804 e. The molecule has 0 heteroatoms. The first-order chi connectivity index (χ1) is 8.93. The third-order valence-electron chi connectivity index (χ3n) is 4.91. The van der Waals surface area contributed by atoms with Crippen molar-refractivity contribution in [1.29, 1.82) is 0 Å². The SMILES string of the molecule is C1=C(c2ccccc2)CCC(C2CCCCC2)C1. The van der Waals surface area contributed by atoms with E-state index in [4.69, 9.17) is 0 Å². The smallest absolute Gasteiger partial charge is 0.0228 e. The van der Waals surface area contributed by atoms with Gasteiger partial charge in [0, 0.05) is 0 Å². The molecule has 3 rings (SSSR count). The molecule has 18 heavy (non-hydrogen) atoms. The van der Waals surface area contributed by atoms with E-state index >= 15 is 0 Å². The Bertz CT molecular complexity index is 395. The van der Waals surface area contributed by atoms with Crippen molar-refractivity contribution in [2.24, 2.45) is 11.8 Å². The summed E-state index contributed by atoms with van der Waals surface area (Å²) in [6.45, 7) is 0. The standard InChI is InChI=1S/C18H24/c1-3-7-15(8-4-1)17-11-13-18(14-12-17)16-9-5-2-6-10-16/h1,3-4,7-8,11,16,18H,2,5-6,9-10,12-14H2. The highest BCUT2D eigenvalue weighted by atomic mass is 14.3. The maximum atomic E-state index is 2.53. The van der Waals surface area contributed by atoms with Gasteiger partial charge in [-0.1, -0.05) is 68.5 Å². The van der Waals surface area contributed by atoms with Crippen LogP contribution in [0.25, 0.3) is 5.57 Å². The molecule has 1 saturated carbocycles. The van der Waals surface area contributed by atoms with Gasteiger partial charge in [-0.15, -0.1) is 0 Å². The van der Waals surface area contributed by atoms with E-state index in [9.17, 15) is 0 Å². The molecule has 2 aliphatic carbocycles. The number of rotatable bonds is 2. The third kappa shape index (κ3) is 2.68. The molecule has 0 nitrogen and oxygen atoms in total. The van der Waals surface area contributed by atoms with Crippen LogP contribution < -0.4 is 0 Å². The van der Waals surface area contributed by atoms with Crippen molar-refractivity contribution in [3.05, 3.63) is 42.0 Å². The van der Waals surface area contributed by atoms with Crippen LogP contribution in [0.2, 0.25) is 0 Å². The molecule has 1 unspecified atom stereocenters. The molecule has 0 heterocycles. The molecule has 0 spiro atoms. The second-order valence-corrected chi connectivity index (χ2v) is 6.03. The second kappa shape index (κ2) is 5.73. The molecule has 0 saturated heterocycles. The highest BCUT2D eigenvalue weighted by molar-refractivity contribution is 5.66. The molecule has 1 fully saturated rings. The van der Waals surface area contributed by atoms with Crippen molar-refractivity contribution in [2.45, 2.75) is 51.4 Å². The van der Waals surface area contributed by atoms with Gasteiger partial charge >= 0.3 is 0 Å². The Balaban J connectivity index is 1.64. The largest absolute Gasteiger partial charge is 0.0804 e. The van der Waals surface area contributed by atoms with Crippen molar-refractivity contribution < 1.29 is 0 Å². The van der Waals surface area contributed by atoms with E-state index in [2.05, 4.69) is 36.4 Å². The lowest BCUT2D eigenvalue weighted by atomic mass is 9.73. The van der Waals surface area contributed by atoms with E-state index in [1.165, 1.54) is 56.9 Å². The summed E-state index contributed by atoms with van der Waals surface area (Å²) in [5.74, 6) is 2.02. The molecule has 0 radical (unpaired) electrons. The van der Waals surface area contributed by atoms with Crippen molar-refractivity contribution in [3.8, 4) is 0 Å². The van der Waals surface area contributed by atoms with Crippen LogP contribution in [-0.4, -0.2) is 0 Å². The first-order valence-electron chi connectivity index (χ1n) is 7.68. The lowest BCUT2D eigenvalue weighted by Crippen LogP contribution is -2.19.